The normalized spacial score (nSPS) is 18.5. The van der Waals surface area contributed by atoms with E-state index < -0.39 is 0 Å². The summed E-state index contributed by atoms with van der Waals surface area (Å²) < 4.78 is 0. The van der Waals surface area contributed by atoms with Crippen molar-refractivity contribution < 1.29 is 0 Å². The number of nitrogens with one attached hydrogen (secondary N) is 1. The van der Waals surface area contributed by atoms with Crippen molar-refractivity contribution in [3.8, 4) is 0 Å². The number of hydrogen-bond donors (Lipinski definition) is 2. The fourth-order valence-electron chi connectivity index (χ4n) is 1.69. The van der Waals surface area contributed by atoms with Crippen molar-refractivity contribution in [2.45, 2.75) is 40.5 Å². The van der Waals surface area contributed by atoms with Crippen molar-refractivity contribution in [3.05, 3.63) is 0 Å². The van der Waals surface area contributed by atoms with Gasteiger partial charge in [0.2, 0.25) is 0 Å². The van der Waals surface area contributed by atoms with E-state index in [0.29, 0.717) is 17.3 Å². The Morgan fingerprint density at radius 1 is 1.31 bits per heavy atom. The monoisotopic (exact) mass is 339 g/mol. The lowest BCUT2D eigenvalue weighted by Crippen LogP contribution is -2.35. The summed E-state index contributed by atoms with van der Waals surface area (Å²) in [6.45, 7) is 10.7. The fraction of sp³-hybridized carbons (Fsp3) is 0.917. The second kappa shape index (κ2) is 6.67. The van der Waals surface area contributed by atoms with Crippen LogP contribution in [0.25, 0.3) is 0 Å². The molecule has 4 heteroatoms. The Bertz CT molecular complexity index is 232. The van der Waals surface area contributed by atoms with E-state index in [4.69, 9.17) is 5.73 Å². The highest BCUT2D eigenvalue weighted by atomic mass is 127. The highest BCUT2D eigenvalue weighted by molar-refractivity contribution is 14.0. The van der Waals surface area contributed by atoms with Crippen LogP contribution in [-0.4, -0.2) is 19.0 Å². The van der Waals surface area contributed by atoms with E-state index in [0.717, 1.165) is 19.0 Å². The fourth-order valence-corrected chi connectivity index (χ4v) is 1.69. The van der Waals surface area contributed by atoms with Crippen LogP contribution >= 0.6 is 24.0 Å². The van der Waals surface area contributed by atoms with Crippen LogP contribution < -0.4 is 11.1 Å². The van der Waals surface area contributed by atoms with Crippen LogP contribution in [-0.2, 0) is 0 Å². The molecule has 0 unspecified atom stereocenters. The molecule has 96 valence electrons. The van der Waals surface area contributed by atoms with E-state index in [1.54, 1.807) is 0 Å². The standard InChI is InChI=1S/C12H25N3.HI/c1-9(2)7-14-11(13)15-8-12(5-6-12)10(3)4;/h9-10H,5-8H2,1-4H3,(H3,13,14,15);1H. The molecule has 0 aromatic carbocycles. The molecule has 0 bridgehead atoms. The number of rotatable bonds is 5. The van der Waals surface area contributed by atoms with Crippen molar-refractivity contribution in [2.24, 2.45) is 28.0 Å². The lowest BCUT2D eigenvalue weighted by molar-refractivity contribution is 0.370. The molecule has 1 fully saturated rings. The maximum absolute atomic E-state index is 5.80. The number of nitrogens with two attached hydrogens (primary N) is 1. The van der Waals surface area contributed by atoms with Gasteiger partial charge >= 0.3 is 0 Å². The molecular formula is C12H26IN3. The largest absolute Gasteiger partial charge is 0.370 e. The summed E-state index contributed by atoms with van der Waals surface area (Å²) in [5.41, 5.74) is 6.26. The van der Waals surface area contributed by atoms with Crippen molar-refractivity contribution in [1.29, 1.82) is 0 Å². The zero-order valence-corrected chi connectivity index (χ0v) is 13.2. The van der Waals surface area contributed by atoms with Gasteiger partial charge in [0, 0.05) is 13.1 Å². The molecule has 3 nitrogen and oxygen atoms in total. The third-order valence-corrected chi connectivity index (χ3v) is 3.37. The molecule has 1 rings (SSSR count). The first-order valence-electron chi connectivity index (χ1n) is 6.00. The van der Waals surface area contributed by atoms with Crippen molar-refractivity contribution in [2.75, 3.05) is 13.1 Å². The van der Waals surface area contributed by atoms with Gasteiger partial charge < -0.3 is 11.1 Å². The van der Waals surface area contributed by atoms with Crippen LogP contribution in [0, 0.1) is 17.3 Å². The number of guanidine groups is 1. The predicted molar refractivity (Wildman–Crippen MR) is 81.3 cm³/mol. The average molecular weight is 339 g/mol. The zero-order chi connectivity index (χ0) is 11.5. The van der Waals surface area contributed by atoms with Crippen molar-refractivity contribution in [3.63, 3.8) is 0 Å². The summed E-state index contributed by atoms with van der Waals surface area (Å²) in [6.07, 6.45) is 2.62. The van der Waals surface area contributed by atoms with Gasteiger partial charge in [-0.3, -0.25) is 4.99 Å². The SMILES string of the molecule is CC(C)CNC(N)=NCC1(C(C)C)CC1.I. The summed E-state index contributed by atoms with van der Waals surface area (Å²) in [5.74, 6) is 1.94. The van der Waals surface area contributed by atoms with E-state index in [9.17, 15) is 0 Å². The van der Waals surface area contributed by atoms with Gasteiger partial charge in [-0.15, -0.1) is 24.0 Å². The van der Waals surface area contributed by atoms with Gasteiger partial charge in [0.15, 0.2) is 5.96 Å². The minimum Gasteiger partial charge on any atom is -0.370 e. The number of hydrogen-bond acceptors (Lipinski definition) is 1. The lowest BCUT2D eigenvalue weighted by atomic mass is 9.93. The summed E-state index contributed by atoms with van der Waals surface area (Å²) >= 11 is 0. The van der Waals surface area contributed by atoms with Crippen LogP contribution in [0.3, 0.4) is 0 Å². The van der Waals surface area contributed by atoms with E-state index in [2.05, 4.69) is 38.0 Å². The average Bonchev–Trinajstić information content (AvgIpc) is 2.92. The van der Waals surface area contributed by atoms with Crippen LogP contribution in [0.4, 0.5) is 0 Å². The molecule has 0 aromatic heterocycles. The molecule has 1 aliphatic rings. The first-order chi connectivity index (χ1) is 6.96. The van der Waals surface area contributed by atoms with E-state index >= 15 is 0 Å². The maximum Gasteiger partial charge on any atom is 0.188 e. The van der Waals surface area contributed by atoms with Crippen LogP contribution in [0.2, 0.25) is 0 Å². The smallest absolute Gasteiger partial charge is 0.188 e. The molecule has 0 aliphatic heterocycles. The first-order valence-corrected chi connectivity index (χ1v) is 6.00. The van der Waals surface area contributed by atoms with Crippen LogP contribution in [0.1, 0.15) is 40.5 Å². The molecule has 0 amide bonds. The van der Waals surface area contributed by atoms with Gasteiger partial charge in [0.1, 0.15) is 0 Å². The van der Waals surface area contributed by atoms with Crippen molar-refractivity contribution in [1.82, 2.24) is 5.32 Å². The minimum absolute atomic E-state index is 0. The Kier molecular flexibility index (Phi) is 6.67. The zero-order valence-electron chi connectivity index (χ0n) is 10.9. The van der Waals surface area contributed by atoms with E-state index in [1.807, 2.05) is 0 Å². The Balaban J connectivity index is 0.00000225. The third-order valence-electron chi connectivity index (χ3n) is 3.37. The summed E-state index contributed by atoms with van der Waals surface area (Å²) in [6, 6.07) is 0. The highest BCUT2D eigenvalue weighted by Gasteiger charge is 2.44. The maximum atomic E-state index is 5.80. The quantitative estimate of drug-likeness (QED) is 0.460. The minimum atomic E-state index is 0. The molecule has 0 spiro atoms. The molecule has 0 aromatic rings. The topological polar surface area (TPSA) is 50.4 Å². The molecule has 3 N–H and O–H groups in total. The second-order valence-corrected chi connectivity index (χ2v) is 5.49. The second-order valence-electron chi connectivity index (χ2n) is 5.49. The molecule has 0 heterocycles. The Morgan fingerprint density at radius 2 is 1.88 bits per heavy atom. The van der Waals surface area contributed by atoms with E-state index in [-0.39, 0.29) is 24.0 Å². The summed E-state index contributed by atoms with van der Waals surface area (Å²) in [5, 5.41) is 3.15. The van der Waals surface area contributed by atoms with Gasteiger partial charge in [0.25, 0.3) is 0 Å². The molecule has 0 atom stereocenters. The molecule has 0 saturated heterocycles. The number of halogens is 1. The molecule has 1 saturated carbocycles. The molecule has 0 radical (unpaired) electrons. The van der Waals surface area contributed by atoms with Gasteiger partial charge in [0.05, 0.1) is 0 Å². The van der Waals surface area contributed by atoms with Crippen LogP contribution in [0.15, 0.2) is 4.99 Å². The molecular weight excluding hydrogens is 313 g/mol. The van der Waals surface area contributed by atoms with Gasteiger partial charge in [-0.1, -0.05) is 27.7 Å². The first kappa shape index (κ1) is 16.0. The number of nitrogens with zero attached hydrogens (tertiary/aromatic N) is 1. The molecule has 1 aliphatic carbocycles. The lowest BCUT2D eigenvalue weighted by Gasteiger charge is -2.17. The predicted octanol–water partition coefficient (Wildman–Crippen LogP) is 2.60. The van der Waals surface area contributed by atoms with Gasteiger partial charge in [-0.25, -0.2) is 0 Å². The highest BCUT2D eigenvalue weighted by Crippen LogP contribution is 2.51. The van der Waals surface area contributed by atoms with Gasteiger partial charge in [-0.2, -0.15) is 0 Å². The Morgan fingerprint density at radius 3 is 2.25 bits per heavy atom. The van der Waals surface area contributed by atoms with Gasteiger partial charge in [-0.05, 0) is 30.1 Å². The Labute approximate surface area is 117 Å². The third kappa shape index (κ3) is 4.89. The van der Waals surface area contributed by atoms with Crippen molar-refractivity contribution >= 4 is 29.9 Å². The van der Waals surface area contributed by atoms with E-state index in [1.165, 1.54) is 12.8 Å². The molecule has 16 heavy (non-hydrogen) atoms. The summed E-state index contributed by atoms with van der Waals surface area (Å²) in [4.78, 5) is 4.43. The van der Waals surface area contributed by atoms with Crippen LogP contribution in [0.5, 0.6) is 0 Å². The number of aliphatic imine (C=N–C) groups is 1. The summed E-state index contributed by atoms with van der Waals surface area (Å²) in [7, 11) is 0. The Hall–Kier alpha value is 0.